The lowest BCUT2D eigenvalue weighted by Crippen LogP contribution is -2.10. The van der Waals surface area contributed by atoms with Gasteiger partial charge in [0.1, 0.15) is 0 Å². The van der Waals surface area contributed by atoms with Crippen LogP contribution in [0.5, 0.6) is 11.8 Å². The molecule has 0 aliphatic rings. The number of alkyl halides is 2. The maximum Gasteiger partial charge on any atom is 0.243 e. The van der Waals surface area contributed by atoms with Crippen molar-refractivity contribution in [2.45, 2.75) is 12.8 Å². The van der Waals surface area contributed by atoms with Gasteiger partial charge in [-0.05, 0) is 17.7 Å². The summed E-state index contributed by atoms with van der Waals surface area (Å²) in [7, 11) is 2.77. The van der Waals surface area contributed by atoms with E-state index in [9.17, 15) is 8.78 Å². The van der Waals surface area contributed by atoms with E-state index in [1.807, 2.05) is 42.5 Å². The number of halogens is 2. The SMILES string of the molecule is COc1nc(-n2cccc2-c2ccccc2)nc(OC)c1CC(F)F. The predicted molar refractivity (Wildman–Crippen MR) is 89.6 cm³/mol. The topological polar surface area (TPSA) is 49.2 Å². The average Bonchev–Trinajstić information content (AvgIpc) is 3.12. The van der Waals surface area contributed by atoms with E-state index in [4.69, 9.17) is 9.47 Å². The van der Waals surface area contributed by atoms with Gasteiger partial charge in [0, 0.05) is 12.6 Å². The largest absolute Gasteiger partial charge is 0.481 e. The summed E-state index contributed by atoms with van der Waals surface area (Å²) in [6.45, 7) is 0. The molecule has 0 N–H and O–H groups in total. The normalized spacial score (nSPS) is 10.9. The fraction of sp³-hybridized carbons (Fsp3) is 0.222. The van der Waals surface area contributed by atoms with Gasteiger partial charge in [0.15, 0.2) is 0 Å². The van der Waals surface area contributed by atoms with E-state index < -0.39 is 12.8 Å². The van der Waals surface area contributed by atoms with Crippen LogP contribution in [0, 0.1) is 0 Å². The van der Waals surface area contributed by atoms with Crippen molar-refractivity contribution >= 4 is 0 Å². The molecule has 0 spiro atoms. The minimum atomic E-state index is -2.55. The zero-order valence-electron chi connectivity index (χ0n) is 13.8. The highest BCUT2D eigenvalue weighted by atomic mass is 19.3. The highest BCUT2D eigenvalue weighted by Gasteiger charge is 2.21. The van der Waals surface area contributed by atoms with Crippen LogP contribution in [0.3, 0.4) is 0 Å². The number of methoxy groups -OCH3 is 2. The Bertz CT molecular complexity index is 826. The Morgan fingerprint density at radius 3 is 2.16 bits per heavy atom. The predicted octanol–water partition coefficient (Wildman–Crippen LogP) is 3.76. The van der Waals surface area contributed by atoms with E-state index in [0.29, 0.717) is 0 Å². The van der Waals surface area contributed by atoms with E-state index in [2.05, 4.69) is 9.97 Å². The minimum absolute atomic E-state index is 0.0786. The average molecular weight is 345 g/mol. The van der Waals surface area contributed by atoms with Gasteiger partial charge in [0.2, 0.25) is 24.1 Å². The van der Waals surface area contributed by atoms with Crippen LogP contribution < -0.4 is 9.47 Å². The fourth-order valence-electron chi connectivity index (χ4n) is 2.61. The Hall–Kier alpha value is -2.96. The second-order valence-corrected chi connectivity index (χ2v) is 5.25. The molecular formula is C18H17F2N3O2. The van der Waals surface area contributed by atoms with E-state index in [1.54, 1.807) is 10.8 Å². The summed E-state index contributed by atoms with van der Waals surface area (Å²) in [5, 5.41) is 0. The van der Waals surface area contributed by atoms with Gasteiger partial charge in [-0.3, -0.25) is 4.57 Å². The maximum atomic E-state index is 12.8. The number of ether oxygens (including phenoxy) is 2. The molecule has 5 nitrogen and oxygen atoms in total. The third-order valence-corrected chi connectivity index (χ3v) is 3.70. The number of hydrogen-bond donors (Lipinski definition) is 0. The number of benzene rings is 1. The molecule has 0 aliphatic carbocycles. The van der Waals surface area contributed by atoms with E-state index in [-0.39, 0.29) is 23.3 Å². The first-order chi connectivity index (χ1) is 12.1. The first-order valence-electron chi connectivity index (χ1n) is 7.64. The smallest absolute Gasteiger partial charge is 0.243 e. The Balaban J connectivity index is 2.12. The number of hydrogen-bond acceptors (Lipinski definition) is 4. The first-order valence-corrected chi connectivity index (χ1v) is 7.64. The summed E-state index contributed by atoms with van der Waals surface area (Å²) in [5.74, 6) is 0.445. The second-order valence-electron chi connectivity index (χ2n) is 5.25. The molecule has 1 aromatic carbocycles. The molecule has 0 aliphatic heterocycles. The molecule has 7 heteroatoms. The molecule has 2 aromatic heterocycles. The molecule has 3 rings (SSSR count). The van der Waals surface area contributed by atoms with Crippen molar-refractivity contribution < 1.29 is 18.3 Å². The zero-order valence-corrected chi connectivity index (χ0v) is 13.8. The van der Waals surface area contributed by atoms with Crippen LogP contribution in [-0.2, 0) is 6.42 Å². The number of rotatable bonds is 6. The van der Waals surface area contributed by atoms with Gasteiger partial charge in [0.25, 0.3) is 0 Å². The Morgan fingerprint density at radius 1 is 0.960 bits per heavy atom. The molecule has 0 saturated heterocycles. The van der Waals surface area contributed by atoms with Gasteiger partial charge < -0.3 is 9.47 Å². The number of aromatic nitrogens is 3. The fourth-order valence-corrected chi connectivity index (χ4v) is 2.61. The van der Waals surface area contributed by atoms with Crippen LogP contribution in [0.25, 0.3) is 17.2 Å². The third kappa shape index (κ3) is 3.45. The quantitative estimate of drug-likeness (QED) is 0.683. The van der Waals surface area contributed by atoms with E-state index in [0.717, 1.165) is 11.3 Å². The van der Waals surface area contributed by atoms with Gasteiger partial charge in [0.05, 0.1) is 25.5 Å². The molecule has 25 heavy (non-hydrogen) atoms. The summed E-state index contributed by atoms with van der Waals surface area (Å²) in [6.07, 6.45) is -1.29. The van der Waals surface area contributed by atoms with Crippen molar-refractivity contribution in [3.8, 4) is 29.0 Å². The van der Waals surface area contributed by atoms with Crippen LogP contribution in [0.1, 0.15) is 5.56 Å². The molecule has 3 aromatic rings. The molecule has 0 bridgehead atoms. The van der Waals surface area contributed by atoms with Crippen LogP contribution in [0.2, 0.25) is 0 Å². The van der Waals surface area contributed by atoms with Crippen LogP contribution in [-0.4, -0.2) is 35.2 Å². The lowest BCUT2D eigenvalue weighted by atomic mass is 10.1. The van der Waals surface area contributed by atoms with Crippen molar-refractivity contribution in [2.24, 2.45) is 0 Å². The Labute approximate surface area is 143 Å². The van der Waals surface area contributed by atoms with Gasteiger partial charge >= 0.3 is 0 Å². The molecular weight excluding hydrogens is 328 g/mol. The number of nitrogens with zero attached hydrogens (tertiary/aromatic N) is 3. The van der Waals surface area contributed by atoms with E-state index in [1.165, 1.54) is 14.2 Å². The third-order valence-electron chi connectivity index (χ3n) is 3.70. The van der Waals surface area contributed by atoms with Crippen LogP contribution in [0.4, 0.5) is 8.78 Å². The lowest BCUT2D eigenvalue weighted by molar-refractivity contribution is 0.146. The standard InChI is InChI=1S/C18H17F2N3O2/c1-24-16-13(11-15(19)20)17(25-2)22-18(21-16)23-10-6-9-14(23)12-7-4-3-5-8-12/h3-10,15H,11H2,1-2H3. The first kappa shape index (κ1) is 16.9. The van der Waals surface area contributed by atoms with Gasteiger partial charge in [-0.15, -0.1) is 0 Å². The summed E-state index contributed by atoms with van der Waals surface area (Å²) in [5.41, 5.74) is 1.99. The lowest BCUT2D eigenvalue weighted by Gasteiger charge is -2.14. The zero-order chi connectivity index (χ0) is 17.8. The minimum Gasteiger partial charge on any atom is -0.481 e. The Morgan fingerprint density at radius 2 is 1.60 bits per heavy atom. The highest BCUT2D eigenvalue weighted by Crippen LogP contribution is 2.30. The van der Waals surface area contributed by atoms with E-state index >= 15 is 0 Å². The van der Waals surface area contributed by atoms with Crippen molar-refractivity contribution in [3.05, 3.63) is 54.2 Å². The molecule has 0 unspecified atom stereocenters. The molecule has 0 amide bonds. The van der Waals surface area contributed by atoms with Crippen molar-refractivity contribution in [1.29, 1.82) is 0 Å². The van der Waals surface area contributed by atoms with Crippen molar-refractivity contribution in [3.63, 3.8) is 0 Å². The van der Waals surface area contributed by atoms with Gasteiger partial charge in [-0.25, -0.2) is 8.78 Å². The van der Waals surface area contributed by atoms with Crippen molar-refractivity contribution in [2.75, 3.05) is 14.2 Å². The molecule has 0 atom stereocenters. The van der Waals surface area contributed by atoms with Gasteiger partial charge in [-0.1, -0.05) is 30.3 Å². The molecule has 0 saturated carbocycles. The van der Waals surface area contributed by atoms with Gasteiger partial charge in [-0.2, -0.15) is 9.97 Å². The van der Waals surface area contributed by atoms with Crippen LogP contribution >= 0.6 is 0 Å². The molecule has 2 heterocycles. The summed E-state index contributed by atoms with van der Waals surface area (Å²) < 4.78 is 37.8. The maximum absolute atomic E-state index is 12.8. The highest BCUT2D eigenvalue weighted by molar-refractivity contribution is 5.62. The van der Waals surface area contributed by atoms with Crippen molar-refractivity contribution in [1.82, 2.24) is 14.5 Å². The summed E-state index contributed by atoms with van der Waals surface area (Å²) >= 11 is 0. The Kier molecular flexibility index (Phi) is 4.92. The summed E-state index contributed by atoms with van der Waals surface area (Å²) in [6, 6.07) is 13.5. The van der Waals surface area contributed by atoms with Crippen LogP contribution in [0.15, 0.2) is 48.7 Å². The molecule has 0 radical (unpaired) electrons. The second kappa shape index (κ2) is 7.29. The monoisotopic (exact) mass is 345 g/mol. The summed E-state index contributed by atoms with van der Waals surface area (Å²) in [4.78, 5) is 8.60. The molecule has 130 valence electrons. The molecule has 0 fully saturated rings.